The number of aliphatic carboxylic acids is 2. The molecule has 2 atom stereocenters. The van der Waals surface area contributed by atoms with Crippen LogP contribution in [0, 0.1) is 0 Å². The molecule has 0 spiro atoms. The molecule has 8 nitrogen and oxygen atoms in total. The summed E-state index contributed by atoms with van der Waals surface area (Å²) in [4.78, 5) is 18.2. The highest BCUT2D eigenvalue weighted by Crippen LogP contribution is 2.09. The van der Waals surface area contributed by atoms with Crippen LogP contribution in [0.5, 0.6) is 5.75 Å². The van der Waals surface area contributed by atoms with E-state index >= 15 is 0 Å². The number of aliphatic hydroxyl groups excluding tert-OH is 1. The van der Waals surface area contributed by atoms with Gasteiger partial charge >= 0.3 is 11.9 Å². The van der Waals surface area contributed by atoms with E-state index in [9.17, 15) is 5.11 Å². The highest BCUT2D eigenvalue weighted by atomic mass is 16.5. The molecule has 6 N–H and O–H groups in total. The molecule has 0 saturated carbocycles. The van der Waals surface area contributed by atoms with E-state index in [2.05, 4.69) is 36.5 Å². The summed E-state index contributed by atoms with van der Waals surface area (Å²) < 4.78 is 5.55. The zero-order valence-corrected chi connectivity index (χ0v) is 17.0. The van der Waals surface area contributed by atoms with Crippen molar-refractivity contribution in [3.8, 4) is 5.75 Å². The lowest BCUT2D eigenvalue weighted by Crippen LogP contribution is -2.36. The average Bonchev–Trinajstić information content (AvgIpc) is 2.76. The lowest BCUT2D eigenvalue weighted by Gasteiger charge is -2.17. The van der Waals surface area contributed by atoms with E-state index in [-0.39, 0.29) is 0 Å². The number of aryl methyl sites for hydroxylation is 1. The first-order valence-electron chi connectivity index (χ1n) is 9.65. The van der Waals surface area contributed by atoms with Gasteiger partial charge in [0.1, 0.15) is 18.5 Å². The van der Waals surface area contributed by atoms with Crippen LogP contribution < -0.4 is 15.8 Å². The van der Waals surface area contributed by atoms with E-state index < -0.39 is 18.0 Å². The number of aliphatic hydroxyl groups is 1. The molecule has 30 heavy (non-hydrogen) atoms. The Kier molecular flexibility index (Phi) is 11.8. The molecule has 0 aliphatic rings. The van der Waals surface area contributed by atoms with Crippen LogP contribution in [0.2, 0.25) is 0 Å². The van der Waals surface area contributed by atoms with Gasteiger partial charge in [-0.1, -0.05) is 42.5 Å². The molecule has 164 valence electrons. The molecule has 2 aromatic carbocycles. The zero-order valence-electron chi connectivity index (χ0n) is 17.0. The smallest absolute Gasteiger partial charge is 0.414 e. The largest absolute Gasteiger partial charge is 0.491 e. The van der Waals surface area contributed by atoms with Crippen LogP contribution in [0.4, 0.5) is 0 Å². The molecule has 0 fully saturated rings. The number of nitrogens with one attached hydrogen (secondary N) is 1. The predicted octanol–water partition coefficient (Wildman–Crippen LogP) is 1.65. The van der Waals surface area contributed by atoms with Crippen molar-refractivity contribution in [1.29, 1.82) is 0 Å². The minimum absolute atomic E-state index is 0.296. The lowest BCUT2D eigenvalue weighted by molar-refractivity contribution is -0.159. The predicted molar refractivity (Wildman–Crippen MR) is 113 cm³/mol. The Balaban J connectivity index is 0.000000656. The number of benzene rings is 2. The molecule has 0 amide bonds. The monoisotopic (exact) mass is 418 g/mol. The molecule has 0 heterocycles. The maximum Gasteiger partial charge on any atom is 0.414 e. The van der Waals surface area contributed by atoms with E-state index in [0.717, 1.165) is 24.2 Å². The molecule has 0 aliphatic carbocycles. The Labute approximate surface area is 176 Å². The number of nitrogens with two attached hydrogens (primary N) is 1. The number of carboxylic acid groups (broad SMARTS) is 2. The molecular weight excluding hydrogens is 388 g/mol. The maximum absolute atomic E-state index is 10.0. The molecule has 8 heteroatoms. The minimum atomic E-state index is -1.82. The fourth-order valence-corrected chi connectivity index (χ4v) is 2.43. The quantitative estimate of drug-likeness (QED) is 0.367. The average molecular weight is 418 g/mol. The fraction of sp³-hybridized carbons (Fsp3) is 0.364. The Morgan fingerprint density at radius 1 is 1.00 bits per heavy atom. The summed E-state index contributed by atoms with van der Waals surface area (Å²) in [6.07, 6.45) is 1.51. The SMILES string of the molecule is C[C@H](CCc1ccc(CN)cc1)NCC(O)COc1ccccc1.O=C(O)C(=O)O. The summed E-state index contributed by atoms with van der Waals surface area (Å²) in [7, 11) is 0. The third-order valence-electron chi connectivity index (χ3n) is 4.20. The van der Waals surface area contributed by atoms with Gasteiger partial charge in [0.15, 0.2) is 0 Å². The number of carbonyl (C=O) groups is 2. The first-order valence-corrected chi connectivity index (χ1v) is 9.65. The van der Waals surface area contributed by atoms with E-state index in [1.54, 1.807) is 0 Å². The van der Waals surface area contributed by atoms with E-state index in [1.165, 1.54) is 5.56 Å². The third kappa shape index (κ3) is 11.2. The van der Waals surface area contributed by atoms with Gasteiger partial charge in [-0.05, 0) is 43.0 Å². The summed E-state index contributed by atoms with van der Waals surface area (Å²) >= 11 is 0. The van der Waals surface area contributed by atoms with Crippen molar-refractivity contribution in [2.45, 2.75) is 38.5 Å². The zero-order chi connectivity index (χ0) is 22.4. The molecule has 2 aromatic rings. The number of para-hydroxylation sites is 1. The fourth-order valence-electron chi connectivity index (χ4n) is 2.43. The van der Waals surface area contributed by atoms with Crippen LogP contribution in [0.25, 0.3) is 0 Å². The van der Waals surface area contributed by atoms with Crippen molar-refractivity contribution < 1.29 is 29.6 Å². The molecule has 0 bridgehead atoms. The number of hydrogen-bond donors (Lipinski definition) is 5. The van der Waals surface area contributed by atoms with Gasteiger partial charge in [0.05, 0.1) is 0 Å². The molecular formula is C22H30N2O6. The summed E-state index contributed by atoms with van der Waals surface area (Å²) in [5.41, 5.74) is 8.08. The van der Waals surface area contributed by atoms with Crippen LogP contribution in [0.3, 0.4) is 0 Å². The first kappa shape index (κ1) is 25.1. The van der Waals surface area contributed by atoms with Crippen LogP contribution >= 0.6 is 0 Å². The Hall–Kier alpha value is -2.94. The standard InChI is InChI=1S/C20H28N2O2.C2H2O4/c1-16(7-8-17-9-11-18(13-21)12-10-17)22-14-19(23)15-24-20-5-3-2-4-6-20;3-1(4)2(5)6/h2-6,9-12,16,19,22-23H,7-8,13-15,21H2,1H3;(H,3,4)(H,5,6)/t16-,19?;/m1./s1. The maximum atomic E-state index is 10.0. The van der Waals surface area contributed by atoms with Crippen molar-refractivity contribution in [3.63, 3.8) is 0 Å². The van der Waals surface area contributed by atoms with Gasteiger partial charge in [0.25, 0.3) is 0 Å². The molecule has 0 radical (unpaired) electrons. The number of hydrogen-bond acceptors (Lipinski definition) is 6. The molecule has 0 aliphatic heterocycles. The van der Waals surface area contributed by atoms with Gasteiger partial charge in [-0.15, -0.1) is 0 Å². The minimum Gasteiger partial charge on any atom is -0.491 e. The summed E-state index contributed by atoms with van der Waals surface area (Å²) in [6.45, 7) is 3.55. The Morgan fingerprint density at radius 3 is 2.10 bits per heavy atom. The van der Waals surface area contributed by atoms with E-state index in [1.807, 2.05) is 30.3 Å². The van der Waals surface area contributed by atoms with Crippen molar-refractivity contribution in [3.05, 3.63) is 65.7 Å². The van der Waals surface area contributed by atoms with E-state index in [4.69, 9.17) is 30.3 Å². The second-order valence-corrected chi connectivity index (χ2v) is 6.76. The van der Waals surface area contributed by atoms with Gasteiger partial charge in [0, 0.05) is 19.1 Å². The summed E-state index contributed by atoms with van der Waals surface area (Å²) in [6, 6.07) is 18.3. The third-order valence-corrected chi connectivity index (χ3v) is 4.20. The highest BCUT2D eigenvalue weighted by Gasteiger charge is 2.08. The van der Waals surface area contributed by atoms with Crippen molar-refractivity contribution in [1.82, 2.24) is 5.32 Å². The topological polar surface area (TPSA) is 142 Å². The summed E-state index contributed by atoms with van der Waals surface area (Å²) in [5, 5.41) is 28.1. The molecule has 1 unspecified atom stereocenters. The van der Waals surface area contributed by atoms with Gasteiger partial charge in [0.2, 0.25) is 0 Å². The van der Waals surface area contributed by atoms with Gasteiger partial charge < -0.3 is 31.1 Å². The molecule has 0 saturated heterocycles. The van der Waals surface area contributed by atoms with Crippen molar-refractivity contribution in [2.75, 3.05) is 13.2 Å². The van der Waals surface area contributed by atoms with E-state index in [0.29, 0.717) is 25.7 Å². The van der Waals surface area contributed by atoms with Gasteiger partial charge in [-0.25, -0.2) is 9.59 Å². The Bertz CT molecular complexity index is 740. The number of ether oxygens (including phenoxy) is 1. The summed E-state index contributed by atoms with van der Waals surface area (Å²) in [5.74, 6) is -2.87. The van der Waals surface area contributed by atoms with Gasteiger partial charge in [-0.3, -0.25) is 0 Å². The van der Waals surface area contributed by atoms with Crippen molar-refractivity contribution in [2.24, 2.45) is 5.73 Å². The highest BCUT2D eigenvalue weighted by molar-refractivity contribution is 6.27. The normalized spacial score (nSPS) is 12.2. The van der Waals surface area contributed by atoms with Crippen LogP contribution in [-0.4, -0.2) is 52.6 Å². The van der Waals surface area contributed by atoms with Crippen LogP contribution in [0.1, 0.15) is 24.5 Å². The molecule has 0 aromatic heterocycles. The van der Waals surface area contributed by atoms with Crippen LogP contribution in [0.15, 0.2) is 54.6 Å². The lowest BCUT2D eigenvalue weighted by atomic mass is 10.0. The Morgan fingerprint density at radius 2 is 1.57 bits per heavy atom. The first-order chi connectivity index (χ1) is 14.3. The van der Waals surface area contributed by atoms with Gasteiger partial charge in [-0.2, -0.15) is 0 Å². The van der Waals surface area contributed by atoms with Crippen LogP contribution in [-0.2, 0) is 22.6 Å². The molecule has 2 rings (SSSR count). The second kappa shape index (κ2) is 14.1. The number of carboxylic acids is 2. The van der Waals surface area contributed by atoms with Crippen molar-refractivity contribution >= 4 is 11.9 Å². The second-order valence-electron chi connectivity index (χ2n) is 6.76. The number of rotatable bonds is 10.